The number of fused-ring (bicyclic) bond motifs is 1. The Bertz CT molecular complexity index is 1390. The van der Waals surface area contributed by atoms with Gasteiger partial charge in [-0.05, 0) is 60.5 Å². The van der Waals surface area contributed by atoms with Crippen LogP contribution in [0.15, 0.2) is 77.4 Å². The normalized spacial score (nSPS) is 12.0. The van der Waals surface area contributed by atoms with Gasteiger partial charge in [0.1, 0.15) is 17.1 Å². The van der Waals surface area contributed by atoms with Crippen molar-refractivity contribution in [2.24, 2.45) is 0 Å². The molecule has 0 aliphatic rings. The summed E-state index contributed by atoms with van der Waals surface area (Å²) < 4.78 is 54.7. The van der Waals surface area contributed by atoms with Gasteiger partial charge < -0.3 is 19.2 Å². The van der Waals surface area contributed by atoms with Gasteiger partial charge in [-0.2, -0.15) is 13.2 Å². The smallest absolute Gasteiger partial charge is 0.416 e. The largest absolute Gasteiger partial charge is 0.497 e. The van der Waals surface area contributed by atoms with Crippen LogP contribution in [0.5, 0.6) is 11.5 Å². The highest BCUT2D eigenvalue weighted by Gasteiger charge is 2.30. The zero-order valence-corrected chi connectivity index (χ0v) is 19.2. The van der Waals surface area contributed by atoms with E-state index in [1.807, 2.05) is 30.3 Å². The van der Waals surface area contributed by atoms with Crippen LogP contribution in [0.2, 0.25) is 0 Å². The Balaban J connectivity index is 1.63. The molecule has 0 aliphatic heterocycles. The summed E-state index contributed by atoms with van der Waals surface area (Å²) in [5.74, 6) is 0.776. The van der Waals surface area contributed by atoms with Gasteiger partial charge in [-0.15, -0.1) is 0 Å². The van der Waals surface area contributed by atoms with Crippen molar-refractivity contribution in [3.8, 4) is 22.6 Å². The number of ether oxygens (including phenoxy) is 2. The molecule has 35 heavy (non-hydrogen) atoms. The van der Waals surface area contributed by atoms with E-state index in [-0.39, 0.29) is 5.69 Å². The molecule has 0 spiro atoms. The number of rotatable bonds is 6. The molecule has 180 valence electrons. The molecule has 4 aromatic rings. The van der Waals surface area contributed by atoms with Crippen LogP contribution in [0.25, 0.3) is 27.7 Å². The van der Waals surface area contributed by atoms with E-state index in [1.165, 1.54) is 25.3 Å². The maximum absolute atomic E-state index is 12.8. The second-order valence-corrected chi connectivity index (χ2v) is 7.82. The van der Waals surface area contributed by atoms with Gasteiger partial charge >= 0.3 is 6.18 Å². The van der Waals surface area contributed by atoms with E-state index < -0.39 is 17.6 Å². The van der Waals surface area contributed by atoms with Gasteiger partial charge in [0, 0.05) is 34.3 Å². The molecule has 0 atom stereocenters. The molecule has 0 saturated heterocycles. The van der Waals surface area contributed by atoms with Crippen molar-refractivity contribution in [3.63, 3.8) is 0 Å². The van der Waals surface area contributed by atoms with Crippen LogP contribution in [-0.2, 0) is 11.0 Å². The summed E-state index contributed by atoms with van der Waals surface area (Å²) in [7, 11) is 3.12. The van der Waals surface area contributed by atoms with E-state index in [0.717, 1.165) is 34.4 Å². The van der Waals surface area contributed by atoms with Crippen LogP contribution >= 0.6 is 0 Å². The predicted octanol–water partition coefficient (Wildman–Crippen LogP) is 7.18. The molecule has 0 radical (unpaired) electrons. The lowest BCUT2D eigenvalue weighted by Crippen LogP contribution is -2.10. The average Bonchev–Trinajstić information content (AvgIpc) is 3.25. The second kappa shape index (κ2) is 9.58. The third kappa shape index (κ3) is 5.16. The first-order valence-corrected chi connectivity index (χ1v) is 10.6. The molecule has 1 N–H and O–H groups in total. The minimum absolute atomic E-state index is 0.256. The van der Waals surface area contributed by atoms with Crippen molar-refractivity contribution in [1.29, 1.82) is 0 Å². The lowest BCUT2D eigenvalue weighted by Gasteiger charge is -2.11. The van der Waals surface area contributed by atoms with Crippen LogP contribution < -0.4 is 14.8 Å². The molecule has 0 saturated carbocycles. The van der Waals surface area contributed by atoms with Gasteiger partial charge in [0.2, 0.25) is 5.91 Å². The summed E-state index contributed by atoms with van der Waals surface area (Å²) in [5.41, 5.74) is 3.18. The molecule has 1 heterocycles. The topological polar surface area (TPSA) is 60.7 Å². The molecule has 1 aromatic heterocycles. The third-order valence-corrected chi connectivity index (χ3v) is 5.55. The van der Waals surface area contributed by atoms with Gasteiger partial charge in [0.15, 0.2) is 0 Å². The van der Waals surface area contributed by atoms with E-state index in [2.05, 4.69) is 5.32 Å². The van der Waals surface area contributed by atoms with Crippen molar-refractivity contribution in [2.45, 2.75) is 13.1 Å². The summed E-state index contributed by atoms with van der Waals surface area (Å²) in [6.07, 6.45) is -1.41. The van der Waals surface area contributed by atoms with Gasteiger partial charge in [0.05, 0.1) is 26.0 Å². The number of alkyl halides is 3. The fraction of sp³-hybridized carbons (Fsp3) is 0.148. The zero-order chi connectivity index (χ0) is 25.2. The van der Waals surface area contributed by atoms with Gasteiger partial charge in [-0.1, -0.05) is 12.1 Å². The number of halogens is 3. The fourth-order valence-electron chi connectivity index (χ4n) is 3.72. The Morgan fingerprint density at radius 3 is 2.26 bits per heavy atom. The molecule has 0 bridgehead atoms. The summed E-state index contributed by atoms with van der Waals surface area (Å²) in [4.78, 5) is 12.6. The molecule has 8 heteroatoms. The first-order chi connectivity index (χ1) is 16.7. The van der Waals surface area contributed by atoms with Crippen LogP contribution in [-0.4, -0.2) is 20.1 Å². The number of carbonyl (C=O) groups is 1. The maximum Gasteiger partial charge on any atom is 0.416 e. The van der Waals surface area contributed by atoms with Gasteiger partial charge in [-0.25, -0.2) is 0 Å². The third-order valence-electron chi connectivity index (χ3n) is 5.55. The van der Waals surface area contributed by atoms with Crippen molar-refractivity contribution in [3.05, 3.63) is 84.1 Å². The summed E-state index contributed by atoms with van der Waals surface area (Å²) in [6.45, 7) is 1.75. The highest BCUT2D eigenvalue weighted by Crippen LogP contribution is 2.38. The number of benzene rings is 3. The number of nitrogens with one attached hydrogen (secondary N) is 1. The highest BCUT2D eigenvalue weighted by atomic mass is 19.4. The van der Waals surface area contributed by atoms with Crippen molar-refractivity contribution in [1.82, 2.24) is 0 Å². The van der Waals surface area contributed by atoms with E-state index >= 15 is 0 Å². The molecule has 0 aliphatic carbocycles. The van der Waals surface area contributed by atoms with E-state index in [1.54, 1.807) is 26.4 Å². The number of hydrogen-bond donors (Lipinski definition) is 1. The molecule has 4 rings (SSSR count). The van der Waals surface area contributed by atoms with Crippen LogP contribution in [0.3, 0.4) is 0 Å². The molecule has 0 fully saturated rings. The maximum atomic E-state index is 12.8. The minimum Gasteiger partial charge on any atom is -0.497 e. The fourth-order valence-corrected chi connectivity index (χ4v) is 3.72. The summed E-state index contributed by atoms with van der Waals surface area (Å²) in [5, 5.41) is 3.42. The van der Waals surface area contributed by atoms with E-state index in [9.17, 15) is 18.0 Å². The first-order valence-electron chi connectivity index (χ1n) is 10.6. The number of allylic oxidation sites excluding steroid dienone is 1. The molecular weight excluding hydrogens is 459 g/mol. The van der Waals surface area contributed by atoms with E-state index in [4.69, 9.17) is 13.9 Å². The number of amides is 1. The lowest BCUT2D eigenvalue weighted by atomic mass is 9.99. The van der Waals surface area contributed by atoms with E-state index in [0.29, 0.717) is 22.5 Å². The summed E-state index contributed by atoms with van der Waals surface area (Å²) >= 11 is 0. The first kappa shape index (κ1) is 23.9. The zero-order valence-electron chi connectivity index (χ0n) is 19.2. The molecule has 0 unspecified atom stereocenters. The van der Waals surface area contributed by atoms with Gasteiger partial charge in [-0.3, -0.25) is 4.79 Å². The van der Waals surface area contributed by atoms with Gasteiger partial charge in [0.25, 0.3) is 0 Å². The Morgan fingerprint density at radius 2 is 1.66 bits per heavy atom. The number of hydrogen-bond acceptors (Lipinski definition) is 4. The Kier molecular flexibility index (Phi) is 6.55. The predicted molar refractivity (Wildman–Crippen MR) is 128 cm³/mol. The second-order valence-electron chi connectivity index (χ2n) is 7.82. The van der Waals surface area contributed by atoms with Crippen LogP contribution in [0, 0.1) is 0 Å². The number of carbonyl (C=O) groups excluding carboxylic acids is 1. The van der Waals surface area contributed by atoms with Crippen LogP contribution in [0.4, 0.5) is 18.9 Å². The number of methoxy groups -OCH3 is 2. The van der Waals surface area contributed by atoms with Crippen molar-refractivity contribution < 1.29 is 31.9 Å². The highest BCUT2D eigenvalue weighted by molar-refractivity contribution is 6.05. The molecule has 3 aromatic carbocycles. The van der Waals surface area contributed by atoms with Crippen molar-refractivity contribution in [2.75, 3.05) is 19.5 Å². The van der Waals surface area contributed by atoms with Crippen LogP contribution in [0.1, 0.15) is 18.1 Å². The summed E-state index contributed by atoms with van der Waals surface area (Å²) in [6, 6.07) is 15.5. The lowest BCUT2D eigenvalue weighted by molar-refractivity contribution is -0.137. The monoisotopic (exact) mass is 481 g/mol. The molecule has 1 amide bonds. The average molecular weight is 481 g/mol. The number of furan rings is 1. The minimum atomic E-state index is -4.44. The SMILES string of the molecule is COc1ccc(-c2coc3cc(OC)c(/C(C)=C/C(=O)Nc4ccc(C(F)(F)F)cc4)cc23)cc1. The standard InChI is InChI=1S/C27H22F3NO4/c1-16(12-26(32)31-19-8-6-18(7-9-19)27(28,29)30)21-13-22-23(15-35-25(22)14-24(21)34-3)17-4-10-20(33-2)11-5-17/h4-15H,1-3H3,(H,31,32)/b16-12+. The Morgan fingerprint density at radius 1 is 0.971 bits per heavy atom. The number of anilines is 1. The quantitative estimate of drug-likeness (QED) is 0.297. The molecular formula is C27H22F3NO4. The molecule has 5 nitrogen and oxygen atoms in total. The Hall–Kier alpha value is -4.20. The Labute approximate surface area is 199 Å². The van der Waals surface area contributed by atoms with Crippen molar-refractivity contribution >= 4 is 28.1 Å².